The molecule has 0 bridgehead atoms. The van der Waals surface area contributed by atoms with Crippen molar-refractivity contribution in [2.75, 3.05) is 19.6 Å². The molecule has 1 fully saturated rings. The van der Waals surface area contributed by atoms with Gasteiger partial charge in [-0.2, -0.15) is 0 Å². The number of hydrogen-bond acceptors (Lipinski definition) is 2. The van der Waals surface area contributed by atoms with E-state index in [1.165, 1.54) is 12.8 Å². The first-order valence-electron chi connectivity index (χ1n) is 7.94. The summed E-state index contributed by atoms with van der Waals surface area (Å²) >= 11 is 0. The lowest BCUT2D eigenvalue weighted by molar-refractivity contribution is 0.169. The molecule has 1 aromatic carbocycles. The van der Waals surface area contributed by atoms with Crippen LogP contribution in [0.25, 0.3) is 0 Å². The van der Waals surface area contributed by atoms with Crippen LogP contribution in [-0.4, -0.2) is 36.6 Å². The molecule has 1 saturated heterocycles. The fourth-order valence-electron chi connectivity index (χ4n) is 2.94. The Balaban J connectivity index is 1.67. The monoisotopic (exact) mass is 289 g/mol. The summed E-state index contributed by atoms with van der Waals surface area (Å²) < 4.78 is 0. The summed E-state index contributed by atoms with van der Waals surface area (Å²) in [5.41, 5.74) is 1.12. The smallest absolute Gasteiger partial charge is 0.315 e. The first kappa shape index (κ1) is 15.8. The maximum Gasteiger partial charge on any atom is 0.315 e. The van der Waals surface area contributed by atoms with Crippen LogP contribution >= 0.6 is 0 Å². The van der Waals surface area contributed by atoms with E-state index in [2.05, 4.69) is 29.4 Å². The summed E-state index contributed by atoms with van der Waals surface area (Å²) in [6.45, 7) is 8.18. The normalized spacial score (nSPS) is 20.8. The summed E-state index contributed by atoms with van der Waals surface area (Å²) in [6.07, 6.45) is 2.60. The van der Waals surface area contributed by atoms with Crippen LogP contribution in [0.5, 0.6) is 0 Å². The molecule has 2 N–H and O–H groups in total. The number of hydrogen-bond donors (Lipinski definition) is 2. The molecule has 0 aromatic heterocycles. The second-order valence-electron chi connectivity index (χ2n) is 6.22. The van der Waals surface area contributed by atoms with Gasteiger partial charge in [-0.1, -0.05) is 37.3 Å². The number of rotatable bonds is 5. The summed E-state index contributed by atoms with van der Waals surface area (Å²) in [4.78, 5) is 14.3. The highest BCUT2D eigenvalue weighted by molar-refractivity contribution is 5.74. The van der Waals surface area contributed by atoms with Crippen LogP contribution in [0.3, 0.4) is 0 Å². The lowest BCUT2D eigenvalue weighted by Crippen LogP contribution is -2.47. The van der Waals surface area contributed by atoms with E-state index in [4.69, 9.17) is 0 Å². The van der Waals surface area contributed by atoms with Crippen LogP contribution in [0.15, 0.2) is 30.3 Å². The Hall–Kier alpha value is -1.55. The Bertz CT molecular complexity index is 435. The van der Waals surface area contributed by atoms with Crippen molar-refractivity contribution in [3.63, 3.8) is 0 Å². The minimum Gasteiger partial charge on any atom is -0.334 e. The third-order valence-electron chi connectivity index (χ3n) is 3.95. The number of piperidine rings is 1. The highest BCUT2D eigenvalue weighted by Gasteiger charge is 2.18. The van der Waals surface area contributed by atoms with Gasteiger partial charge < -0.3 is 15.5 Å². The number of nitrogens with zero attached hydrogens (tertiary/aromatic N) is 1. The van der Waals surface area contributed by atoms with Gasteiger partial charge in [0.15, 0.2) is 0 Å². The first-order chi connectivity index (χ1) is 10.1. The van der Waals surface area contributed by atoms with Crippen LogP contribution in [0.4, 0.5) is 4.79 Å². The lowest BCUT2D eigenvalue weighted by Gasteiger charge is -2.32. The van der Waals surface area contributed by atoms with E-state index < -0.39 is 0 Å². The molecule has 0 radical (unpaired) electrons. The Morgan fingerprint density at radius 3 is 2.86 bits per heavy atom. The number of likely N-dealkylation sites (tertiary alicyclic amines) is 1. The van der Waals surface area contributed by atoms with Gasteiger partial charge in [0.2, 0.25) is 0 Å². The second kappa shape index (κ2) is 8.03. The minimum absolute atomic E-state index is 0.0867. The van der Waals surface area contributed by atoms with Crippen molar-refractivity contribution in [3.8, 4) is 0 Å². The average Bonchev–Trinajstić information content (AvgIpc) is 2.46. The molecule has 2 amide bonds. The van der Waals surface area contributed by atoms with Gasteiger partial charge in [-0.05, 0) is 37.8 Å². The van der Waals surface area contributed by atoms with E-state index in [-0.39, 0.29) is 12.1 Å². The Morgan fingerprint density at radius 1 is 1.38 bits per heavy atom. The number of nitrogens with one attached hydrogen (secondary N) is 2. The molecule has 2 atom stereocenters. The van der Waals surface area contributed by atoms with Gasteiger partial charge in [0, 0.05) is 25.7 Å². The minimum atomic E-state index is -0.0867. The van der Waals surface area contributed by atoms with Crippen molar-refractivity contribution in [1.82, 2.24) is 15.5 Å². The average molecular weight is 289 g/mol. The van der Waals surface area contributed by atoms with Crippen molar-refractivity contribution < 1.29 is 4.79 Å². The van der Waals surface area contributed by atoms with E-state index in [0.29, 0.717) is 6.54 Å². The third kappa shape index (κ3) is 5.76. The molecular formula is C17H27N3O. The Morgan fingerprint density at radius 2 is 2.14 bits per heavy atom. The highest BCUT2D eigenvalue weighted by atomic mass is 16.2. The quantitative estimate of drug-likeness (QED) is 0.875. The van der Waals surface area contributed by atoms with Gasteiger partial charge in [-0.15, -0.1) is 0 Å². The van der Waals surface area contributed by atoms with E-state index in [0.717, 1.165) is 31.1 Å². The van der Waals surface area contributed by atoms with Crippen LogP contribution in [0, 0.1) is 5.92 Å². The number of carbonyl (C=O) groups excluding carboxylic acids is 1. The lowest BCUT2D eigenvalue weighted by atomic mass is 10.00. The van der Waals surface area contributed by atoms with E-state index >= 15 is 0 Å². The predicted octanol–water partition coefficient (Wildman–Crippen LogP) is 2.61. The molecular weight excluding hydrogens is 262 g/mol. The topological polar surface area (TPSA) is 44.4 Å². The first-order valence-corrected chi connectivity index (χ1v) is 7.94. The van der Waals surface area contributed by atoms with Gasteiger partial charge >= 0.3 is 6.03 Å². The molecule has 1 aromatic rings. The number of carbonyl (C=O) groups is 1. The number of urea groups is 1. The molecule has 1 heterocycles. The third-order valence-corrected chi connectivity index (χ3v) is 3.95. The molecule has 4 heteroatoms. The van der Waals surface area contributed by atoms with E-state index in [1.807, 2.05) is 30.3 Å². The van der Waals surface area contributed by atoms with Gasteiger partial charge in [0.1, 0.15) is 0 Å². The fraction of sp³-hybridized carbons (Fsp3) is 0.588. The van der Waals surface area contributed by atoms with Crippen LogP contribution < -0.4 is 10.6 Å². The summed E-state index contributed by atoms with van der Waals surface area (Å²) in [7, 11) is 0. The van der Waals surface area contributed by atoms with Crippen molar-refractivity contribution >= 4 is 6.03 Å². The highest BCUT2D eigenvalue weighted by Crippen LogP contribution is 2.15. The van der Waals surface area contributed by atoms with E-state index in [9.17, 15) is 4.79 Å². The molecule has 1 aliphatic heterocycles. The Kier molecular flexibility index (Phi) is 6.05. The molecule has 0 spiro atoms. The van der Waals surface area contributed by atoms with E-state index in [1.54, 1.807) is 0 Å². The van der Waals surface area contributed by atoms with Crippen molar-refractivity contribution in [1.29, 1.82) is 0 Å². The molecule has 4 nitrogen and oxygen atoms in total. The standard InChI is InChI=1S/C17H27N3O/c1-14-7-6-10-20(12-14)13-15(2)19-17(21)18-11-16-8-4-3-5-9-16/h3-5,8-9,14-15H,6-7,10-13H2,1-2H3,(H2,18,19,21). The molecule has 2 rings (SSSR count). The largest absolute Gasteiger partial charge is 0.334 e. The molecule has 0 aliphatic carbocycles. The van der Waals surface area contributed by atoms with Gasteiger partial charge in [-0.3, -0.25) is 0 Å². The summed E-state index contributed by atoms with van der Waals surface area (Å²) in [5, 5.41) is 5.93. The van der Waals surface area contributed by atoms with Gasteiger partial charge in [0.05, 0.1) is 0 Å². The van der Waals surface area contributed by atoms with Gasteiger partial charge in [0.25, 0.3) is 0 Å². The second-order valence-corrected chi connectivity index (χ2v) is 6.22. The van der Waals surface area contributed by atoms with Crippen molar-refractivity contribution in [2.45, 2.75) is 39.3 Å². The van der Waals surface area contributed by atoms with Crippen LogP contribution in [-0.2, 0) is 6.54 Å². The number of amides is 2. The maximum absolute atomic E-state index is 11.9. The summed E-state index contributed by atoms with van der Waals surface area (Å²) in [6, 6.07) is 10.1. The van der Waals surface area contributed by atoms with Crippen molar-refractivity contribution in [3.05, 3.63) is 35.9 Å². The Labute approximate surface area is 127 Å². The zero-order chi connectivity index (χ0) is 15.1. The fourth-order valence-corrected chi connectivity index (χ4v) is 2.94. The maximum atomic E-state index is 11.9. The van der Waals surface area contributed by atoms with Crippen LogP contribution in [0.1, 0.15) is 32.3 Å². The molecule has 116 valence electrons. The zero-order valence-electron chi connectivity index (χ0n) is 13.1. The number of benzene rings is 1. The molecule has 1 aliphatic rings. The zero-order valence-corrected chi connectivity index (χ0v) is 13.1. The van der Waals surface area contributed by atoms with Crippen molar-refractivity contribution in [2.24, 2.45) is 5.92 Å². The predicted molar refractivity (Wildman–Crippen MR) is 86.1 cm³/mol. The molecule has 0 saturated carbocycles. The summed E-state index contributed by atoms with van der Waals surface area (Å²) in [5.74, 6) is 0.776. The van der Waals surface area contributed by atoms with Crippen LogP contribution in [0.2, 0.25) is 0 Å². The SMILES string of the molecule is CC1CCCN(CC(C)NC(=O)NCc2ccccc2)C1. The van der Waals surface area contributed by atoms with Gasteiger partial charge in [-0.25, -0.2) is 4.79 Å². The molecule has 2 unspecified atom stereocenters. The molecule has 21 heavy (non-hydrogen) atoms.